The molecule has 2 aromatic heterocycles. The van der Waals surface area contributed by atoms with Crippen molar-refractivity contribution in [2.75, 3.05) is 0 Å². The molecule has 0 unspecified atom stereocenters. The van der Waals surface area contributed by atoms with Crippen LogP contribution < -0.4 is 14.9 Å². The topological polar surface area (TPSA) is 85.6 Å². The molecule has 37 heavy (non-hydrogen) atoms. The average Bonchev–Trinajstić information content (AvgIpc) is 3.43. The molecule has 1 saturated heterocycles. The number of carbonyl (C=O) groups excluding carboxylic acids is 2. The minimum atomic E-state index is -4.64. The fraction of sp³-hybridized carbons (Fsp3) is 0.385. The van der Waals surface area contributed by atoms with Gasteiger partial charge in [-0.25, -0.2) is 0 Å². The predicted molar refractivity (Wildman–Crippen MR) is 132 cm³/mol. The van der Waals surface area contributed by atoms with Gasteiger partial charge in [-0.2, -0.15) is 18.2 Å². The number of ether oxygens (including phenoxy) is 1. The van der Waals surface area contributed by atoms with Gasteiger partial charge in [-0.05, 0) is 42.2 Å². The Morgan fingerprint density at radius 3 is 2.65 bits per heavy atom. The molecule has 1 N–H and O–H groups in total. The van der Waals surface area contributed by atoms with Crippen molar-refractivity contribution < 1.29 is 27.5 Å². The first-order chi connectivity index (χ1) is 17.4. The molecule has 1 aromatic carbocycles. The van der Waals surface area contributed by atoms with Gasteiger partial charge in [0.1, 0.15) is 12.4 Å². The molecule has 11 heteroatoms. The van der Waals surface area contributed by atoms with Gasteiger partial charge < -0.3 is 14.6 Å². The van der Waals surface area contributed by atoms with Crippen molar-refractivity contribution in [1.29, 1.82) is 0 Å². The first-order valence-electron chi connectivity index (χ1n) is 11.7. The van der Waals surface area contributed by atoms with Gasteiger partial charge in [-0.3, -0.25) is 14.6 Å². The zero-order valence-electron chi connectivity index (χ0n) is 20.6. The number of nitrogens with one attached hydrogen (secondary N) is 1. The lowest BCUT2D eigenvalue weighted by atomic mass is 9.95. The Labute approximate surface area is 216 Å². The maximum Gasteiger partial charge on any atom is 0.416 e. The number of thiazole rings is 1. The lowest BCUT2D eigenvalue weighted by molar-refractivity contribution is -0.137. The summed E-state index contributed by atoms with van der Waals surface area (Å²) < 4.78 is 47.9. The highest BCUT2D eigenvalue weighted by molar-refractivity contribution is 7.09. The summed E-state index contributed by atoms with van der Waals surface area (Å²) in [6.45, 7) is 6.42. The van der Waals surface area contributed by atoms with E-state index >= 15 is 0 Å². The summed E-state index contributed by atoms with van der Waals surface area (Å²) in [7, 11) is 0. The van der Waals surface area contributed by atoms with Gasteiger partial charge in [0.15, 0.2) is 4.80 Å². The monoisotopic (exact) mass is 532 g/mol. The van der Waals surface area contributed by atoms with E-state index in [0.717, 1.165) is 23.1 Å². The Balaban J connectivity index is 1.72. The van der Waals surface area contributed by atoms with Crippen molar-refractivity contribution >= 4 is 23.2 Å². The third-order valence-electron chi connectivity index (χ3n) is 5.80. The van der Waals surface area contributed by atoms with E-state index in [1.807, 2.05) is 27.0 Å². The van der Waals surface area contributed by atoms with E-state index in [2.05, 4.69) is 15.3 Å². The molecule has 7 nitrogen and oxygen atoms in total. The maximum atomic E-state index is 13.5. The van der Waals surface area contributed by atoms with Crippen molar-refractivity contribution in [2.45, 2.75) is 64.4 Å². The highest BCUT2D eigenvalue weighted by atomic mass is 32.1. The van der Waals surface area contributed by atoms with E-state index in [-0.39, 0.29) is 35.3 Å². The Kier molecular flexibility index (Phi) is 7.54. The summed E-state index contributed by atoms with van der Waals surface area (Å²) in [6, 6.07) is 7.85. The van der Waals surface area contributed by atoms with Gasteiger partial charge in [-0.1, -0.05) is 26.8 Å². The van der Waals surface area contributed by atoms with Gasteiger partial charge in [0, 0.05) is 36.3 Å². The summed E-state index contributed by atoms with van der Waals surface area (Å²) in [4.78, 5) is 34.6. The Hall–Kier alpha value is -3.47. The van der Waals surface area contributed by atoms with Gasteiger partial charge in [0.05, 0.1) is 16.8 Å². The maximum absolute atomic E-state index is 13.5. The van der Waals surface area contributed by atoms with Crippen molar-refractivity contribution in [3.05, 3.63) is 75.3 Å². The van der Waals surface area contributed by atoms with Crippen LogP contribution in [0.15, 0.2) is 53.8 Å². The number of alkyl halides is 3. The van der Waals surface area contributed by atoms with E-state index in [1.165, 1.54) is 11.3 Å². The minimum absolute atomic E-state index is 0.0189. The molecule has 0 saturated carbocycles. The molecular formula is C26H27F3N4O3S. The Morgan fingerprint density at radius 2 is 2.03 bits per heavy atom. The molecule has 2 amide bonds. The second-order valence-electron chi connectivity index (χ2n) is 9.82. The molecule has 0 aliphatic carbocycles. The summed E-state index contributed by atoms with van der Waals surface area (Å²) >= 11 is 1.29. The number of carbonyl (C=O) groups is 2. The molecule has 3 aromatic rings. The smallest absolute Gasteiger partial charge is 0.416 e. The summed E-state index contributed by atoms with van der Waals surface area (Å²) in [5.41, 5.74) is -0.950. The number of pyridine rings is 1. The van der Waals surface area contributed by atoms with Crippen molar-refractivity contribution in [3.8, 4) is 5.75 Å². The Bertz CT molecular complexity index is 1360. The van der Waals surface area contributed by atoms with Crippen LogP contribution in [0.25, 0.3) is 0 Å². The lowest BCUT2D eigenvalue weighted by Gasteiger charge is -2.15. The highest BCUT2D eigenvalue weighted by Crippen LogP contribution is 2.33. The van der Waals surface area contributed by atoms with Crippen LogP contribution in [0.4, 0.5) is 13.2 Å². The molecule has 0 spiro atoms. The quantitative estimate of drug-likeness (QED) is 0.492. The third-order valence-corrected chi connectivity index (χ3v) is 7.24. The minimum Gasteiger partial charge on any atom is -0.486 e. The van der Waals surface area contributed by atoms with E-state index in [4.69, 9.17) is 4.74 Å². The van der Waals surface area contributed by atoms with Gasteiger partial charge >= 0.3 is 6.18 Å². The van der Waals surface area contributed by atoms with E-state index in [9.17, 15) is 22.8 Å². The molecular weight excluding hydrogens is 505 g/mol. The standard InChI is InChI=1S/C26H27F3N4O3S/c1-25(2,3)21-14-33(13-17-8-10-22(34)31-17)24(37-21)32-23(35)19-12-16(26(27,28)29)7-9-20(19)36-15-18-6-4-5-11-30-18/h4-7,9,11-12,14,17H,8,10,13,15H2,1-3H3,(H,31,34)/t17-/m0/s1. The molecule has 4 rings (SSSR count). The summed E-state index contributed by atoms with van der Waals surface area (Å²) in [6.07, 6.45) is -0.113. The van der Waals surface area contributed by atoms with Crippen LogP contribution in [0, 0.1) is 0 Å². The molecule has 1 aliphatic rings. The number of hydrogen-bond donors (Lipinski definition) is 1. The van der Waals surface area contributed by atoms with E-state index in [0.29, 0.717) is 29.9 Å². The molecule has 1 aliphatic heterocycles. The van der Waals surface area contributed by atoms with Crippen molar-refractivity contribution in [1.82, 2.24) is 14.9 Å². The average molecular weight is 533 g/mol. The zero-order valence-corrected chi connectivity index (χ0v) is 21.4. The molecule has 196 valence electrons. The van der Waals surface area contributed by atoms with Gasteiger partial charge in [0.25, 0.3) is 5.91 Å². The number of hydrogen-bond acceptors (Lipinski definition) is 5. The lowest BCUT2D eigenvalue weighted by Crippen LogP contribution is -2.32. The summed E-state index contributed by atoms with van der Waals surface area (Å²) in [5.74, 6) is -0.909. The molecule has 1 fully saturated rings. The van der Waals surface area contributed by atoms with Crippen LogP contribution in [-0.2, 0) is 29.5 Å². The van der Waals surface area contributed by atoms with Crippen LogP contribution in [0.5, 0.6) is 5.75 Å². The van der Waals surface area contributed by atoms with Crippen molar-refractivity contribution in [3.63, 3.8) is 0 Å². The second kappa shape index (κ2) is 10.5. The van der Waals surface area contributed by atoms with E-state index in [1.54, 1.807) is 29.0 Å². The van der Waals surface area contributed by atoms with Crippen LogP contribution in [-0.4, -0.2) is 27.4 Å². The Morgan fingerprint density at radius 1 is 1.24 bits per heavy atom. The highest BCUT2D eigenvalue weighted by Gasteiger charge is 2.32. The van der Waals surface area contributed by atoms with Gasteiger partial charge in [0.2, 0.25) is 5.91 Å². The van der Waals surface area contributed by atoms with E-state index < -0.39 is 17.6 Å². The van der Waals surface area contributed by atoms with Gasteiger partial charge in [-0.15, -0.1) is 11.3 Å². The number of nitrogens with zero attached hydrogens (tertiary/aromatic N) is 3. The first kappa shape index (κ1) is 26.6. The number of aromatic nitrogens is 2. The van der Waals surface area contributed by atoms with Crippen LogP contribution in [0.3, 0.4) is 0 Å². The number of rotatable bonds is 6. The number of halogens is 3. The predicted octanol–water partition coefficient (Wildman–Crippen LogP) is 4.86. The van der Waals surface area contributed by atoms with Crippen LogP contribution in [0.1, 0.15) is 60.1 Å². The van der Waals surface area contributed by atoms with Crippen molar-refractivity contribution in [2.24, 2.45) is 4.99 Å². The zero-order chi connectivity index (χ0) is 26.8. The third kappa shape index (κ3) is 6.65. The first-order valence-corrected chi connectivity index (χ1v) is 12.5. The largest absolute Gasteiger partial charge is 0.486 e. The normalized spacial score (nSPS) is 16.6. The SMILES string of the molecule is CC(C)(C)c1cn(C[C@@H]2CCC(=O)N2)c(=NC(=O)c2cc(C(F)(F)F)ccc2OCc2ccccn2)s1. The molecule has 0 bridgehead atoms. The molecule has 3 heterocycles. The summed E-state index contributed by atoms with van der Waals surface area (Å²) in [5, 5.41) is 2.90. The second-order valence-corrected chi connectivity index (χ2v) is 10.8. The fourth-order valence-corrected chi connectivity index (χ4v) is 4.83. The number of amides is 2. The number of benzene rings is 1. The molecule has 0 radical (unpaired) electrons. The molecule has 1 atom stereocenters. The van der Waals surface area contributed by atoms with Crippen LogP contribution >= 0.6 is 11.3 Å². The van der Waals surface area contributed by atoms with Crippen LogP contribution in [0.2, 0.25) is 0 Å². The fourth-order valence-electron chi connectivity index (χ4n) is 3.78.